The largest absolute Gasteiger partial charge is 0.323 e. The summed E-state index contributed by atoms with van der Waals surface area (Å²) >= 11 is 0. The van der Waals surface area contributed by atoms with Crippen LogP contribution in [-0.4, -0.2) is 25.6 Å². The topological polar surface area (TPSA) is 76.8 Å². The molecule has 0 spiro atoms. The Balaban J connectivity index is 1.26. The molecule has 0 radical (unpaired) electrons. The van der Waals surface area contributed by atoms with Crippen molar-refractivity contribution < 1.29 is 18.0 Å². The van der Waals surface area contributed by atoms with Crippen LogP contribution in [0.15, 0.2) is 78.9 Å². The smallest absolute Gasteiger partial charge is 0.308 e. The number of hydrogen-bond acceptors (Lipinski definition) is 3. The predicted molar refractivity (Wildman–Crippen MR) is 145 cm³/mol. The van der Waals surface area contributed by atoms with E-state index in [-0.39, 0.29) is 11.5 Å². The number of urea groups is 1. The van der Waals surface area contributed by atoms with Crippen LogP contribution in [0.5, 0.6) is 0 Å². The lowest BCUT2D eigenvalue weighted by atomic mass is 10.1. The normalized spacial score (nSPS) is 11.3. The van der Waals surface area contributed by atoms with Crippen LogP contribution in [0, 0.1) is 17.5 Å². The van der Waals surface area contributed by atoms with E-state index in [1.165, 1.54) is 36.4 Å². The maximum Gasteiger partial charge on any atom is 0.323 e. The molecule has 2 heterocycles. The van der Waals surface area contributed by atoms with Crippen LogP contribution in [0.3, 0.4) is 0 Å². The number of hydrogen-bond donors (Lipinski definition) is 2. The van der Waals surface area contributed by atoms with Crippen molar-refractivity contribution in [2.24, 2.45) is 14.1 Å². The number of anilines is 2. The number of carbonyl (C=O) groups is 1. The van der Waals surface area contributed by atoms with Crippen LogP contribution in [0.25, 0.3) is 44.3 Å². The molecule has 0 aliphatic rings. The van der Waals surface area contributed by atoms with Gasteiger partial charge < -0.3 is 10.6 Å². The summed E-state index contributed by atoms with van der Waals surface area (Å²) in [4.78, 5) is 12.8. The zero-order chi connectivity index (χ0) is 27.3. The van der Waals surface area contributed by atoms with Gasteiger partial charge in [0.2, 0.25) is 0 Å². The second-order valence-electron chi connectivity index (χ2n) is 9.13. The number of halogens is 3. The van der Waals surface area contributed by atoms with Gasteiger partial charge in [0.1, 0.15) is 28.8 Å². The number of nitrogens with one attached hydrogen (secondary N) is 2. The highest BCUT2D eigenvalue weighted by Gasteiger charge is 2.17. The first-order valence-electron chi connectivity index (χ1n) is 12.0. The average molecular weight is 527 g/mol. The van der Waals surface area contributed by atoms with Gasteiger partial charge in [-0.3, -0.25) is 9.36 Å². The lowest BCUT2D eigenvalue weighted by molar-refractivity contribution is 0.262. The van der Waals surface area contributed by atoms with Crippen molar-refractivity contribution in [1.82, 2.24) is 19.6 Å². The van der Waals surface area contributed by atoms with Gasteiger partial charge in [0.25, 0.3) is 0 Å². The van der Waals surface area contributed by atoms with Crippen molar-refractivity contribution in [1.29, 1.82) is 0 Å². The standard InChI is InChI=1S/C29H21F3N6O/c1-37-25-13-20(9-10-21(25)27(35-37)16-5-3-7-18(30)11-16)33-29(39)34-24-15-26-22(14-23(24)32)28(36-38(26)2)17-6-4-8-19(31)12-17/h3-15H,1-2H3,(H2,33,34,39). The lowest BCUT2D eigenvalue weighted by Gasteiger charge is -2.10. The molecule has 0 saturated carbocycles. The van der Waals surface area contributed by atoms with E-state index in [1.807, 2.05) is 0 Å². The molecule has 2 aromatic heterocycles. The monoisotopic (exact) mass is 526 g/mol. The molecule has 0 bridgehead atoms. The number of aryl methyl sites for hydroxylation is 2. The maximum atomic E-state index is 15.1. The van der Waals surface area contributed by atoms with Gasteiger partial charge in [-0.1, -0.05) is 24.3 Å². The van der Waals surface area contributed by atoms with Crippen LogP contribution < -0.4 is 10.6 Å². The van der Waals surface area contributed by atoms with Crippen LogP contribution in [-0.2, 0) is 14.1 Å². The Kier molecular flexibility index (Phi) is 5.79. The maximum absolute atomic E-state index is 15.1. The van der Waals surface area contributed by atoms with Gasteiger partial charge in [0, 0.05) is 41.7 Å². The number of fused-ring (bicyclic) bond motifs is 2. The molecule has 39 heavy (non-hydrogen) atoms. The van der Waals surface area contributed by atoms with Crippen LogP contribution >= 0.6 is 0 Å². The molecule has 2 N–H and O–H groups in total. The first kappa shape index (κ1) is 24.2. The fourth-order valence-electron chi connectivity index (χ4n) is 4.69. The minimum absolute atomic E-state index is 0.0382. The SMILES string of the molecule is Cn1nc(-c2cccc(F)c2)c2ccc(NC(=O)Nc3cc4c(cc3F)c(-c3cccc(F)c3)nn4C)cc21. The summed E-state index contributed by atoms with van der Waals surface area (Å²) in [5, 5.41) is 15.5. The molecule has 0 aliphatic carbocycles. The number of nitrogens with zero attached hydrogens (tertiary/aromatic N) is 4. The third-order valence-electron chi connectivity index (χ3n) is 6.49. The molecule has 194 valence electrons. The summed E-state index contributed by atoms with van der Waals surface area (Å²) in [6, 6.07) is 19.4. The quantitative estimate of drug-likeness (QED) is 0.264. The van der Waals surface area contributed by atoms with Crippen molar-refractivity contribution in [2.45, 2.75) is 0 Å². The summed E-state index contributed by atoms with van der Waals surface area (Å²) in [5.74, 6) is -1.44. The van der Waals surface area contributed by atoms with E-state index in [0.717, 1.165) is 10.9 Å². The summed E-state index contributed by atoms with van der Waals surface area (Å²) in [5.41, 5.74) is 3.92. The van der Waals surface area contributed by atoms with Gasteiger partial charge in [-0.15, -0.1) is 0 Å². The zero-order valence-corrected chi connectivity index (χ0v) is 20.8. The average Bonchev–Trinajstić information content (AvgIpc) is 3.40. The predicted octanol–water partition coefficient (Wildman–Crippen LogP) is 6.86. The Bertz CT molecular complexity index is 1910. The second-order valence-corrected chi connectivity index (χ2v) is 9.13. The van der Waals surface area contributed by atoms with Crippen molar-refractivity contribution in [3.63, 3.8) is 0 Å². The molecule has 0 fully saturated rings. The highest BCUT2D eigenvalue weighted by atomic mass is 19.1. The van der Waals surface area contributed by atoms with Crippen molar-refractivity contribution >= 4 is 39.2 Å². The third kappa shape index (κ3) is 4.46. The number of benzene rings is 4. The number of carbonyl (C=O) groups excluding carboxylic acids is 1. The van der Waals surface area contributed by atoms with Crippen molar-refractivity contribution in [3.8, 4) is 22.5 Å². The van der Waals surface area contributed by atoms with Crippen LogP contribution in [0.4, 0.5) is 29.3 Å². The van der Waals surface area contributed by atoms with Gasteiger partial charge in [-0.25, -0.2) is 18.0 Å². The van der Waals surface area contributed by atoms with E-state index in [0.29, 0.717) is 39.1 Å². The van der Waals surface area contributed by atoms with E-state index in [1.54, 1.807) is 65.9 Å². The highest BCUT2D eigenvalue weighted by Crippen LogP contribution is 2.32. The number of rotatable bonds is 4. The van der Waals surface area contributed by atoms with Crippen LogP contribution in [0.2, 0.25) is 0 Å². The second kappa shape index (κ2) is 9.32. The molecule has 10 heteroatoms. The third-order valence-corrected chi connectivity index (χ3v) is 6.49. The molecule has 0 saturated heterocycles. The van der Waals surface area contributed by atoms with Gasteiger partial charge in [-0.2, -0.15) is 10.2 Å². The number of aromatic nitrogens is 4. The number of amides is 2. The van der Waals surface area contributed by atoms with Gasteiger partial charge >= 0.3 is 6.03 Å². The zero-order valence-electron chi connectivity index (χ0n) is 20.8. The Morgan fingerprint density at radius 3 is 1.90 bits per heavy atom. The summed E-state index contributed by atoms with van der Waals surface area (Å²) in [7, 11) is 3.44. The fraction of sp³-hybridized carbons (Fsp3) is 0.0690. The van der Waals surface area contributed by atoms with E-state index < -0.39 is 17.7 Å². The summed E-state index contributed by atoms with van der Waals surface area (Å²) < 4.78 is 45.7. The summed E-state index contributed by atoms with van der Waals surface area (Å²) in [6.07, 6.45) is 0. The molecule has 7 nitrogen and oxygen atoms in total. The highest BCUT2D eigenvalue weighted by molar-refractivity contribution is 6.04. The van der Waals surface area contributed by atoms with Crippen LogP contribution in [0.1, 0.15) is 0 Å². The molecule has 0 unspecified atom stereocenters. The van der Waals surface area contributed by atoms with Crippen molar-refractivity contribution in [3.05, 3.63) is 96.3 Å². The molecule has 0 atom stereocenters. The fourth-order valence-corrected chi connectivity index (χ4v) is 4.69. The minimum Gasteiger partial charge on any atom is -0.308 e. The Morgan fingerprint density at radius 1 is 0.692 bits per heavy atom. The molecule has 6 aromatic rings. The van der Waals surface area contributed by atoms with E-state index >= 15 is 4.39 Å². The Hall–Kier alpha value is -5.12. The first-order chi connectivity index (χ1) is 18.8. The molecular weight excluding hydrogens is 505 g/mol. The lowest BCUT2D eigenvalue weighted by Crippen LogP contribution is -2.20. The summed E-state index contributed by atoms with van der Waals surface area (Å²) in [6.45, 7) is 0. The molecular formula is C29H21F3N6O. The van der Waals surface area contributed by atoms with Gasteiger partial charge in [0.05, 0.1) is 16.7 Å². The van der Waals surface area contributed by atoms with E-state index in [2.05, 4.69) is 20.8 Å². The van der Waals surface area contributed by atoms with E-state index in [9.17, 15) is 13.6 Å². The Labute approximate surface area is 220 Å². The van der Waals surface area contributed by atoms with Crippen molar-refractivity contribution in [2.75, 3.05) is 10.6 Å². The first-order valence-corrected chi connectivity index (χ1v) is 12.0. The van der Waals surface area contributed by atoms with Gasteiger partial charge in [0.15, 0.2) is 0 Å². The van der Waals surface area contributed by atoms with E-state index in [4.69, 9.17) is 0 Å². The molecule has 4 aromatic carbocycles. The Morgan fingerprint density at radius 2 is 1.28 bits per heavy atom. The minimum atomic E-state index is -0.662. The molecule has 0 aliphatic heterocycles. The van der Waals surface area contributed by atoms with Gasteiger partial charge in [-0.05, 0) is 54.6 Å². The molecule has 6 rings (SSSR count). The molecule has 2 amide bonds.